The summed E-state index contributed by atoms with van der Waals surface area (Å²) in [6, 6.07) is 7.81. The van der Waals surface area contributed by atoms with E-state index in [0.29, 0.717) is 0 Å². The fourth-order valence-electron chi connectivity index (χ4n) is 1.03. The van der Waals surface area contributed by atoms with Gasteiger partial charge in [0.25, 0.3) is 0 Å². The van der Waals surface area contributed by atoms with Gasteiger partial charge >= 0.3 is 83.3 Å². The van der Waals surface area contributed by atoms with Crippen LogP contribution in [-0.4, -0.2) is 20.8 Å². The van der Waals surface area contributed by atoms with E-state index in [4.69, 9.17) is 14.7 Å². The zero-order valence-corrected chi connectivity index (χ0v) is 9.01. The van der Waals surface area contributed by atoms with Gasteiger partial charge in [-0.15, -0.1) is 0 Å². The van der Waals surface area contributed by atoms with Gasteiger partial charge in [-0.3, -0.25) is 0 Å². The molecule has 0 spiro atoms. The second-order valence-corrected chi connectivity index (χ2v) is 5.25. The molecule has 0 radical (unpaired) electrons. The Bertz CT molecular complexity index is 311. The summed E-state index contributed by atoms with van der Waals surface area (Å²) in [5.41, 5.74) is 2.16. The molecule has 0 unspecified atom stereocenters. The number of rotatable bonds is 3. The van der Waals surface area contributed by atoms with Crippen molar-refractivity contribution in [3.8, 4) is 0 Å². The molecule has 14 heavy (non-hydrogen) atoms. The monoisotopic (exact) mass is 214 g/mol. The number of benzene rings is 1. The Hall–Kier alpha value is -0.730. The Morgan fingerprint density at radius 1 is 1.14 bits per heavy atom. The van der Waals surface area contributed by atoms with Gasteiger partial charge in [0.15, 0.2) is 0 Å². The van der Waals surface area contributed by atoms with Crippen LogP contribution in [-0.2, 0) is 0 Å². The van der Waals surface area contributed by atoms with Gasteiger partial charge in [-0.2, -0.15) is 0 Å². The summed E-state index contributed by atoms with van der Waals surface area (Å²) in [5, 5.41) is 0. The predicted octanol–water partition coefficient (Wildman–Crippen LogP) is 1.48. The SMILES string of the molecule is Cc1ccc(C=CC[PH](O)(O)O)cc1. The van der Waals surface area contributed by atoms with Crippen LogP contribution >= 0.6 is 7.94 Å². The summed E-state index contributed by atoms with van der Waals surface area (Å²) in [6.45, 7) is 2.00. The van der Waals surface area contributed by atoms with Gasteiger partial charge in [0.05, 0.1) is 0 Å². The van der Waals surface area contributed by atoms with Crippen LogP contribution in [0, 0.1) is 6.92 Å². The third-order valence-corrected chi connectivity index (χ3v) is 2.56. The number of allylic oxidation sites excluding steroid dienone is 1. The van der Waals surface area contributed by atoms with E-state index in [1.807, 2.05) is 31.2 Å². The van der Waals surface area contributed by atoms with E-state index in [9.17, 15) is 0 Å². The van der Waals surface area contributed by atoms with Crippen LogP contribution in [0.3, 0.4) is 0 Å². The third-order valence-electron chi connectivity index (χ3n) is 1.78. The topological polar surface area (TPSA) is 60.7 Å². The van der Waals surface area contributed by atoms with Crippen LogP contribution in [0.25, 0.3) is 6.08 Å². The molecular weight excluding hydrogens is 199 g/mol. The van der Waals surface area contributed by atoms with E-state index >= 15 is 0 Å². The van der Waals surface area contributed by atoms with Crippen LogP contribution in [0.1, 0.15) is 11.1 Å². The van der Waals surface area contributed by atoms with Gasteiger partial charge in [-0.25, -0.2) is 0 Å². The van der Waals surface area contributed by atoms with Crippen molar-refractivity contribution in [3.05, 3.63) is 41.5 Å². The Morgan fingerprint density at radius 3 is 2.21 bits per heavy atom. The molecular formula is C10H15O3P. The molecule has 0 aliphatic rings. The van der Waals surface area contributed by atoms with Crippen LogP contribution in [0.15, 0.2) is 30.3 Å². The van der Waals surface area contributed by atoms with Crippen molar-refractivity contribution < 1.29 is 14.7 Å². The molecule has 0 saturated heterocycles. The molecule has 1 rings (SSSR count). The number of hydrogen-bond donors (Lipinski definition) is 3. The Balaban J connectivity index is 2.57. The van der Waals surface area contributed by atoms with Gasteiger partial charge in [0.2, 0.25) is 0 Å². The first-order chi connectivity index (χ1) is 6.47. The van der Waals surface area contributed by atoms with Crippen LogP contribution in [0.4, 0.5) is 0 Å². The zero-order chi connectivity index (χ0) is 10.6. The van der Waals surface area contributed by atoms with Crippen molar-refractivity contribution >= 4 is 14.0 Å². The van der Waals surface area contributed by atoms with E-state index in [0.717, 1.165) is 5.56 Å². The predicted molar refractivity (Wildman–Crippen MR) is 60.1 cm³/mol. The van der Waals surface area contributed by atoms with Crippen molar-refractivity contribution in [2.75, 3.05) is 6.16 Å². The molecule has 0 amide bonds. The summed E-state index contributed by atoms with van der Waals surface area (Å²) < 4.78 is 0. The maximum absolute atomic E-state index is 8.74. The standard InChI is InChI=1S/C10H15O3P/c1-9-4-6-10(7-5-9)3-2-8-14(11,12)13/h2-7,11-14H,8H2,1H3. The minimum absolute atomic E-state index is 0.0686. The van der Waals surface area contributed by atoms with Gasteiger partial charge in [-0.05, 0) is 0 Å². The zero-order valence-electron chi connectivity index (χ0n) is 8.01. The van der Waals surface area contributed by atoms with Gasteiger partial charge < -0.3 is 0 Å². The van der Waals surface area contributed by atoms with Crippen molar-refractivity contribution in [3.63, 3.8) is 0 Å². The molecule has 3 nitrogen and oxygen atoms in total. The van der Waals surface area contributed by atoms with E-state index in [2.05, 4.69) is 0 Å². The van der Waals surface area contributed by atoms with E-state index in [1.54, 1.807) is 12.2 Å². The first kappa shape index (κ1) is 11.3. The quantitative estimate of drug-likeness (QED) is 0.668. The third kappa shape index (κ3) is 4.49. The summed E-state index contributed by atoms with van der Waals surface area (Å²) in [5.74, 6) is 0. The fraction of sp³-hybridized carbons (Fsp3) is 0.200. The normalized spacial score (nSPS) is 13.4. The molecule has 0 saturated carbocycles. The summed E-state index contributed by atoms with van der Waals surface area (Å²) in [6.07, 6.45) is 3.25. The van der Waals surface area contributed by atoms with Crippen molar-refractivity contribution in [1.29, 1.82) is 0 Å². The first-order valence-corrected chi connectivity index (χ1v) is 6.42. The maximum atomic E-state index is 8.74. The second-order valence-electron chi connectivity index (χ2n) is 3.29. The molecule has 4 heteroatoms. The molecule has 78 valence electrons. The minimum atomic E-state index is -3.91. The molecule has 1 aromatic rings. The average Bonchev–Trinajstić information content (AvgIpc) is 2.06. The van der Waals surface area contributed by atoms with Crippen molar-refractivity contribution in [2.24, 2.45) is 0 Å². The molecule has 0 bridgehead atoms. The van der Waals surface area contributed by atoms with Crippen LogP contribution in [0.5, 0.6) is 0 Å². The Morgan fingerprint density at radius 2 is 1.71 bits per heavy atom. The first-order valence-electron chi connectivity index (χ1n) is 4.38. The number of hydrogen-bond acceptors (Lipinski definition) is 3. The molecule has 0 aliphatic heterocycles. The van der Waals surface area contributed by atoms with Crippen LogP contribution < -0.4 is 0 Å². The number of aryl methyl sites for hydroxylation is 1. The van der Waals surface area contributed by atoms with Crippen LogP contribution in [0.2, 0.25) is 0 Å². The summed E-state index contributed by atoms with van der Waals surface area (Å²) in [4.78, 5) is 26.2. The summed E-state index contributed by atoms with van der Waals surface area (Å²) in [7, 11) is -3.91. The van der Waals surface area contributed by atoms with E-state index < -0.39 is 7.94 Å². The molecule has 3 N–H and O–H groups in total. The molecule has 0 aromatic heterocycles. The second kappa shape index (κ2) is 4.67. The molecule has 1 aromatic carbocycles. The Labute approximate surface area is 83.9 Å². The van der Waals surface area contributed by atoms with E-state index in [1.165, 1.54) is 5.56 Å². The van der Waals surface area contributed by atoms with Gasteiger partial charge in [0, 0.05) is 0 Å². The van der Waals surface area contributed by atoms with Crippen molar-refractivity contribution in [2.45, 2.75) is 6.92 Å². The van der Waals surface area contributed by atoms with Gasteiger partial charge in [0.1, 0.15) is 0 Å². The molecule has 0 aliphatic carbocycles. The van der Waals surface area contributed by atoms with Gasteiger partial charge in [-0.1, -0.05) is 0 Å². The van der Waals surface area contributed by atoms with Crippen molar-refractivity contribution in [1.82, 2.24) is 0 Å². The van der Waals surface area contributed by atoms with E-state index in [-0.39, 0.29) is 6.16 Å². The molecule has 0 fully saturated rings. The fourth-order valence-corrected chi connectivity index (χ4v) is 1.46. The Kier molecular flexibility index (Phi) is 3.78. The average molecular weight is 214 g/mol. The molecule has 0 atom stereocenters. The molecule has 0 heterocycles. The summed E-state index contributed by atoms with van der Waals surface area (Å²) >= 11 is 0.